The van der Waals surface area contributed by atoms with E-state index in [-0.39, 0.29) is 11.8 Å². The molecule has 0 spiro atoms. The number of thiazole rings is 1. The minimum atomic E-state index is -0.413. The highest BCUT2D eigenvalue weighted by atomic mass is 32.1. The highest BCUT2D eigenvalue weighted by Crippen LogP contribution is 2.25. The van der Waals surface area contributed by atoms with Crippen molar-refractivity contribution in [2.75, 3.05) is 33.4 Å². The summed E-state index contributed by atoms with van der Waals surface area (Å²) in [5.74, 6) is -0.209. The van der Waals surface area contributed by atoms with Crippen LogP contribution in [0, 0.1) is 5.92 Å². The van der Waals surface area contributed by atoms with E-state index in [1.54, 1.807) is 0 Å². The molecule has 0 aliphatic carbocycles. The van der Waals surface area contributed by atoms with Gasteiger partial charge in [0.15, 0.2) is 0 Å². The Labute approximate surface area is 126 Å². The number of esters is 1. The molecule has 0 aromatic carbocycles. The number of ether oxygens (including phenoxy) is 2. The Bertz CT molecular complexity index is 592. The third-order valence-corrected chi connectivity index (χ3v) is 4.52. The van der Waals surface area contributed by atoms with Crippen LogP contribution in [0.15, 0.2) is 11.5 Å². The zero-order valence-corrected chi connectivity index (χ0v) is 12.5. The third-order valence-electron chi connectivity index (χ3n) is 3.70. The van der Waals surface area contributed by atoms with E-state index in [1.807, 2.05) is 16.4 Å². The molecule has 1 aromatic rings. The Hall–Kier alpha value is -1.73. The average molecular weight is 308 g/mol. The molecule has 0 saturated carbocycles. The molecule has 7 heteroatoms. The monoisotopic (exact) mass is 308 g/mol. The van der Waals surface area contributed by atoms with Crippen molar-refractivity contribution in [1.29, 1.82) is 0 Å². The van der Waals surface area contributed by atoms with Crippen molar-refractivity contribution in [2.24, 2.45) is 5.92 Å². The topological polar surface area (TPSA) is 68.7 Å². The summed E-state index contributed by atoms with van der Waals surface area (Å²) in [4.78, 5) is 29.6. The van der Waals surface area contributed by atoms with E-state index in [4.69, 9.17) is 4.74 Å². The zero-order chi connectivity index (χ0) is 14.8. The van der Waals surface area contributed by atoms with Gasteiger partial charge in [-0.2, -0.15) is 0 Å². The van der Waals surface area contributed by atoms with Crippen molar-refractivity contribution >= 4 is 28.8 Å². The Morgan fingerprint density at radius 2 is 2.29 bits per heavy atom. The summed E-state index contributed by atoms with van der Waals surface area (Å²) < 4.78 is 9.71. The molecule has 0 N–H and O–H groups in total. The molecular formula is C14H16N2O4S. The molecule has 1 amide bonds. The summed E-state index contributed by atoms with van der Waals surface area (Å²) in [5.41, 5.74) is 1.88. The smallest absolute Gasteiger partial charge is 0.367 e. The first-order chi connectivity index (χ1) is 10.2. The molecule has 112 valence electrons. The molecule has 21 heavy (non-hydrogen) atoms. The van der Waals surface area contributed by atoms with E-state index in [0.717, 1.165) is 17.7 Å². The van der Waals surface area contributed by atoms with Crippen molar-refractivity contribution in [3.63, 3.8) is 0 Å². The highest BCUT2D eigenvalue weighted by molar-refractivity contribution is 7.11. The van der Waals surface area contributed by atoms with E-state index in [1.165, 1.54) is 18.4 Å². The van der Waals surface area contributed by atoms with E-state index < -0.39 is 5.97 Å². The van der Waals surface area contributed by atoms with Gasteiger partial charge >= 0.3 is 5.97 Å². The maximum Gasteiger partial charge on any atom is 0.367 e. The fourth-order valence-electron chi connectivity index (χ4n) is 2.34. The van der Waals surface area contributed by atoms with Gasteiger partial charge in [0.25, 0.3) is 0 Å². The summed E-state index contributed by atoms with van der Waals surface area (Å²) in [6.07, 6.45) is 2.76. The van der Waals surface area contributed by atoms with E-state index >= 15 is 0 Å². The van der Waals surface area contributed by atoms with Gasteiger partial charge in [-0.05, 0) is 12.0 Å². The van der Waals surface area contributed by atoms with Gasteiger partial charge in [0.2, 0.25) is 10.9 Å². The van der Waals surface area contributed by atoms with Crippen LogP contribution in [-0.2, 0) is 14.3 Å². The van der Waals surface area contributed by atoms with Crippen molar-refractivity contribution in [1.82, 2.24) is 9.88 Å². The van der Waals surface area contributed by atoms with Crippen LogP contribution >= 0.6 is 11.3 Å². The van der Waals surface area contributed by atoms with Crippen LogP contribution in [0.4, 0.5) is 0 Å². The van der Waals surface area contributed by atoms with Gasteiger partial charge in [-0.1, -0.05) is 6.08 Å². The number of hydrogen-bond donors (Lipinski definition) is 0. The van der Waals surface area contributed by atoms with Gasteiger partial charge in [0, 0.05) is 18.5 Å². The predicted molar refractivity (Wildman–Crippen MR) is 76.9 cm³/mol. The Balaban J connectivity index is 1.65. The minimum absolute atomic E-state index is 0.0325. The number of aromatic nitrogens is 1. The standard InChI is InChI=1S/C14H16N2O4S/c1-19-14(18)12-15-11(8-21-12)9-2-4-16(5-3-9)13(17)10-6-20-7-10/h2,8,10H,3-7H2,1H3. The lowest BCUT2D eigenvalue weighted by atomic mass is 10.0. The maximum absolute atomic E-state index is 12.1. The number of hydrogen-bond acceptors (Lipinski definition) is 6. The van der Waals surface area contributed by atoms with E-state index in [2.05, 4.69) is 9.72 Å². The maximum atomic E-state index is 12.1. The second kappa shape index (κ2) is 5.95. The quantitative estimate of drug-likeness (QED) is 0.785. The number of amides is 1. The Kier molecular flexibility index (Phi) is 4.03. The van der Waals surface area contributed by atoms with Gasteiger partial charge in [-0.3, -0.25) is 4.79 Å². The number of carbonyl (C=O) groups excluding carboxylic acids is 2. The van der Waals surface area contributed by atoms with Gasteiger partial charge in [-0.15, -0.1) is 11.3 Å². The first kappa shape index (κ1) is 14.2. The van der Waals surface area contributed by atoms with Crippen LogP contribution in [0.2, 0.25) is 0 Å². The zero-order valence-electron chi connectivity index (χ0n) is 11.7. The van der Waals surface area contributed by atoms with E-state index in [0.29, 0.717) is 31.3 Å². The first-order valence-electron chi connectivity index (χ1n) is 6.79. The molecule has 0 atom stereocenters. The minimum Gasteiger partial charge on any atom is -0.464 e. The van der Waals surface area contributed by atoms with Gasteiger partial charge in [0.1, 0.15) is 0 Å². The Morgan fingerprint density at radius 1 is 1.48 bits per heavy atom. The Morgan fingerprint density at radius 3 is 2.86 bits per heavy atom. The lowest BCUT2D eigenvalue weighted by Gasteiger charge is -2.33. The first-order valence-corrected chi connectivity index (χ1v) is 7.67. The fourth-order valence-corrected chi connectivity index (χ4v) is 3.10. The number of methoxy groups -OCH3 is 1. The highest BCUT2D eigenvalue weighted by Gasteiger charge is 2.31. The van der Waals surface area contributed by atoms with Crippen LogP contribution in [-0.4, -0.2) is 55.2 Å². The van der Waals surface area contributed by atoms with Crippen LogP contribution in [0.5, 0.6) is 0 Å². The molecule has 1 saturated heterocycles. The number of rotatable bonds is 3. The predicted octanol–water partition coefficient (Wildman–Crippen LogP) is 1.19. The van der Waals surface area contributed by atoms with Crippen LogP contribution in [0.1, 0.15) is 21.9 Å². The number of carbonyl (C=O) groups is 2. The molecule has 6 nitrogen and oxygen atoms in total. The molecule has 0 radical (unpaired) electrons. The van der Waals surface area contributed by atoms with Crippen molar-refractivity contribution < 1.29 is 19.1 Å². The molecular weight excluding hydrogens is 292 g/mol. The van der Waals surface area contributed by atoms with Gasteiger partial charge in [-0.25, -0.2) is 9.78 Å². The molecule has 1 aromatic heterocycles. The van der Waals surface area contributed by atoms with Crippen LogP contribution in [0.3, 0.4) is 0 Å². The van der Waals surface area contributed by atoms with Crippen molar-refractivity contribution in [2.45, 2.75) is 6.42 Å². The summed E-state index contributed by atoms with van der Waals surface area (Å²) in [7, 11) is 1.34. The molecule has 3 rings (SSSR count). The summed E-state index contributed by atoms with van der Waals surface area (Å²) >= 11 is 1.28. The lowest BCUT2D eigenvalue weighted by molar-refractivity contribution is -0.149. The molecule has 3 heterocycles. The molecule has 1 fully saturated rings. The fraction of sp³-hybridized carbons (Fsp3) is 0.500. The summed E-state index contributed by atoms with van der Waals surface area (Å²) in [6, 6.07) is 0. The van der Waals surface area contributed by atoms with Gasteiger partial charge in [0.05, 0.1) is 31.9 Å². The van der Waals surface area contributed by atoms with E-state index in [9.17, 15) is 9.59 Å². The SMILES string of the molecule is COC(=O)c1nc(C2=CCN(C(=O)C3COC3)CC2)cs1. The average Bonchev–Trinajstić information content (AvgIpc) is 2.94. The molecule has 0 unspecified atom stereocenters. The lowest BCUT2D eigenvalue weighted by Crippen LogP contribution is -2.46. The third kappa shape index (κ3) is 2.84. The molecule has 2 aliphatic rings. The van der Waals surface area contributed by atoms with Gasteiger partial charge < -0.3 is 14.4 Å². The summed E-state index contributed by atoms with van der Waals surface area (Å²) in [5, 5.41) is 2.22. The normalized spacial score (nSPS) is 18.9. The molecule has 0 bridgehead atoms. The largest absolute Gasteiger partial charge is 0.464 e. The van der Waals surface area contributed by atoms with Crippen molar-refractivity contribution in [3.8, 4) is 0 Å². The second-order valence-electron chi connectivity index (χ2n) is 5.03. The number of nitrogens with zero attached hydrogens (tertiary/aromatic N) is 2. The van der Waals surface area contributed by atoms with Crippen molar-refractivity contribution in [3.05, 3.63) is 22.2 Å². The summed E-state index contributed by atoms with van der Waals surface area (Å²) in [6.45, 7) is 2.36. The molecule has 2 aliphatic heterocycles. The second-order valence-corrected chi connectivity index (χ2v) is 5.89. The van der Waals surface area contributed by atoms with Crippen LogP contribution < -0.4 is 0 Å². The van der Waals surface area contributed by atoms with Crippen LogP contribution in [0.25, 0.3) is 5.57 Å².